The van der Waals surface area contributed by atoms with Crippen LogP contribution >= 0.6 is 0 Å². The molecule has 0 fully saturated rings. The van der Waals surface area contributed by atoms with Crippen LogP contribution in [0.4, 0.5) is 11.5 Å². The molecule has 2 N–H and O–H groups in total. The van der Waals surface area contributed by atoms with Gasteiger partial charge in [-0.1, -0.05) is 44.7 Å². The second kappa shape index (κ2) is 11.2. The molecule has 0 spiro atoms. The maximum atomic E-state index is 6.00. The molecule has 0 radical (unpaired) electrons. The first-order valence-corrected chi connectivity index (χ1v) is 10.0. The molecule has 152 valence electrons. The Morgan fingerprint density at radius 2 is 1.79 bits per heavy atom. The van der Waals surface area contributed by atoms with E-state index in [0.717, 1.165) is 50.0 Å². The van der Waals surface area contributed by atoms with Crippen LogP contribution in [0, 0.1) is 0 Å². The average Bonchev–Trinajstić information content (AvgIpc) is 2.70. The molecule has 0 aliphatic heterocycles. The van der Waals surface area contributed by atoms with Gasteiger partial charge in [-0.2, -0.15) is 4.98 Å². The highest BCUT2D eigenvalue weighted by molar-refractivity contribution is 5.57. The molecule has 0 unspecified atom stereocenters. The third kappa shape index (κ3) is 6.48. The van der Waals surface area contributed by atoms with Crippen LogP contribution < -0.4 is 15.4 Å². The summed E-state index contributed by atoms with van der Waals surface area (Å²) in [5.41, 5.74) is 9.34. The molecule has 0 saturated carbocycles. The van der Waals surface area contributed by atoms with Crippen LogP contribution in [0.3, 0.4) is 0 Å². The number of rotatable bonds is 12. The van der Waals surface area contributed by atoms with E-state index in [4.69, 9.17) is 15.2 Å². The molecule has 2 aromatic rings. The van der Waals surface area contributed by atoms with E-state index in [1.54, 1.807) is 7.11 Å². The van der Waals surface area contributed by atoms with E-state index in [-0.39, 0.29) is 0 Å². The van der Waals surface area contributed by atoms with Crippen molar-refractivity contribution in [3.05, 3.63) is 54.1 Å². The van der Waals surface area contributed by atoms with Crippen molar-refractivity contribution in [3.63, 3.8) is 0 Å². The van der Waals surface area contributed by atoms with Gasteiger partial charge in [0.05, 0.1) is 13.7 Å². The molecule has 1 aromatic carbocycles. The number of hydrogen-bond donors (Lipinski definition) is 1. The Morgan fingerprint density at radius 3 is 2.39 bits per heavy atom. The van der Waals surface area contributed by atoms with Crippen molar-refractivity contribution in [1.82, 2.24) is 4.98 Å². The van der Waals surface area contributed by atoms with Gasteiger partial charge in [-0.3, -0.25) is 0 Å². The van der Waals surface area contributed by atoms with Crippen molar-refractivity contribution in [3.8, 4) is 5.88 Å². The van der Waals surface area contributed by atoms with Crippen molar-refractivity contribution in [2.75, 3.05) is 37.4 Å². The summed E-state index contributed by atoms with van der Waals surface area (Å²) < 4.78 is 11.0. The Kier molecular flexibility index (Phi) is 8.66. The molecule has 0 aliphatic carbocycles. The van der Waals surface area contributed by atoms with Gasteiger partial charge in [-0.15, -0.1) is 0 Å². The predicted octanol–water partition coefficient (Wildman–Crippen LogP) is 4.92. The van der Waals surface area contributed by atoms with Gasteiger partial charge < -0.3 is 20.1 Å². The average molecular weight is 384 g/mol. The molecule has 0 bridgehead atoms. The Labute approximate surface area is 169 Å². The number of hydrogen-bond acceptors (Lipinski definition) is 5. The summed E-state index contributed by atoms with van der Waals surface area (Å²) in [5, 5.41) is 0. The maximum Gasteiger partial charge on any atom is 0.217 e. The minimum absolute atomic E-state index is 0.499. The van der Waals surface area contributed by atoms with E-state index in [1.165, 1.54) is 5.56 Å². The van der Waals surface area contributed by atoms with Crippen molar-refractivity contribution in [2.45, 2.75) is 39.5 Å². The standard InChI is InChI=1S/C23H33N3O2/c1-5-13-26(14-6-2)21-16-22(24)25-23(17-21)28-15-7-8-19-9-11-20(12-10-19)18(3)27-4/h9-12,16-17H,3,5-8,13-15H2,1-2,4H3,(H2,24,25). The van der Waals surface area contributed by atoms with Gasteiger partial charge in [0.25, 0.3) is 0 Å². The van der Waals surface area contributed by atoms with Crippen LogP contribution in [0.1, 0.15) is 44.2 Å². The minimum Gasteiger partial charge on any atom is -0.497 e. The highest BCUT2D eigenvalue weighted by atomic mass is 16.5. The Bertz CT molecular complexity index is 738. The number of ether oxygens (including phenoxy) is 2. The first kappa shape index (κ1) is 21.6. The topological polar surface area (TPSA) is 60.6 Å². The summed E-state index contributed by atoms with van der Waals surface area (Å²) in [6, 6.07) is 12.2. The second-order valence-electron chi connectivity index (χ2n) is 6.85. The van der Waals surface area contributed by atoms with E-state index >= 15 is 0 Å². The highest BCUT2D eigenvalue weighted by Crippen LogP contribution is 2.23. The molecule has 1 aromatic heterocycles. The zero-order chi connectivity index (χ0) is 20.4. The number of nitrogens with two attached hydrogens (primary N) is 1. The van der Waals surface area contributed by atoms with Crippen LogP contribution in [0.15, 0.2) is 43.0 Å². The van der Waals surface area contributed by atoms with Crippen LogP contribution in [0.2, 0.25) is 0 Å². The minimum atomic E-state index is 0.499. The van der Waals surface area contributed by atoms with Gasteiger partial charge in [-0.25, -0.2) is 0 Å². The Balaban J connectivity index is 1.89. The number of pyridine rings is 1. The van der Waals surface area contributed by atoms with Crippen LogP contribution in [0.5, 0.6) is 5.88 Å². The summed E-state index contributed by atoms with van der Waals surface area (Å²) in [5.74, 6) is 1.77. The van der Waals surface area contributed by atoms with Gasteiger partial charge in [0, 0.05) is 36.5 Å². The van der Waals surface area contributed by atoms with E-state index in [9.17, 15) is 0 Å². The van der Waals surface area contributed by atoms with Gasteiger partial charge in [0.2, 0.25) is 5.88 Å². The lowest BCUT2D eigenvalue weighted by molar-refractivity contribution is 0.300. The lowest BCUT2D eigenvalue weighted by Crippen LogP contribution is -2.25. The van der Waals surface area contributed by atoms with E-state index in [2.05, 4.69) is 42.4 Å². The smallest absolute Gasteiger partial charge is 0.217 e. The fourth-order valence-electron chi connectivity index (χ4n) is 3.11. The fraction of sp³-hybridized carbons (Fsp3) is 0.435. The van der Waals surface area contributed by atoms with Crippen molar-refractivity contribution in [2.24, 2.45) is 0 Å². The van der Waals surface area contributed by atoms with Gasteiger partial charge >= 0.3 is 0 Å². The van der Waals surface area contributed by atoms with Gasteiger partial charge in [-0.05, 0) is 31.2 Å². The number of anilines is 2. The second-order valence-corrected chi connectivity index (χ2v) is 6.85. The molecular formula is C23H33N3O2. The lowest BCUT2D eigenvalue weighted by atomic mass is 10.1. The lowest BCUT2D eigenvalue weighted by Gasteiger charge is -2.24. The monoisotopic (exact) mass is 383 g/mol. The van der Waals surface area contributed by atoms with Gasteiger partial charge in [0.15, 0.2) is 0 Å². The van der Waals surface area contributed by atoms with Gasteiger partial charge in [0.1, 0.15) is 11.6 Å². The summed E-state index contributed by atoms with van der Waals surface area (Å²) >= 11 is 0. The van der Waals surface area contributed by atoms with E-state index in [1.807, 2.05) is 24.3 Å². The zero-order valence-corrected chi connectivity index (χ0v) is 17.4. The molecular weight excluding hydrogens is 350 g/mol. The fourth-order valence-corrected chi connectivity index (χ4v) is 3.11. The largest absolute Gasteiger partial charge is 0.497 e. The van der Waals surface area contributed by atoms with Crippen LogP contribution in [-0.4, -0.2) is 31.8 Å². The quantitative estimate of drug-likeness (QED) is 0.416. The number of methoxy groups -OCH3 is 1. The maximum absolute atomic E-state index is 6.00. The Hall–Kier alpha value is -2.69. The van der Waals surface area contributed by atoms with Crippen molar-refractivity contribution in [1.29, 1.82) is 0 Å². The van der Waals surface area contributed by atoms with Crippen LogP contribution in [-0.2, 0) is 11.2 Å². The van der Waals surface area contributed by atoms with E-state index < -0.39 is 0 Å². The highest BCUT2D eigenvalue weighted by Gasteiger charge is 2.09. The molecule has 5 heteroatoms. The number of aromatic nitrogens is 1. The molecule has 0 atom stereocenters. The number of aryl methyl sites for hydroxylation is 1. The zero-order valence-electron chi connectivity index (χ0n) is 17.4. The van der Waals surface area contributed by atoms with E-state index in [0.29, 0.717) is 24.1 Å². The molecule has 1 heterocycles. The first-order chi connectivity index (χ1) is 13.6. The molecule has 0 saturated heterocycles. The number of nitrogens with zero attached hydrogens (tertiary/aromatic N) is 2. The SMILES string of the molecule is C=C(OC)c1ccc(CCCOc2cc(N(CCC)CCC)cc(N)n2)cc1. The Morgan fingerprint density at radius 1 is 1.11 bits per heavy atom. The summed E-state index contributed by atoms with van der Waals surface area (Å²) in [6.45, 7) is 10.8. The summed E-state index contributed by atoms with van der Waals surface area (Å²) in [6.07, 6.45) is 4.03. The molecule has 5 nitrogen and oxygen atoms in total. The van der Waals surface area contributed by atoms with Crippen molar-refractivity contribution >= 4 is 17.3 Å². The molecule has 0 amide bonds. The summed E-state index contributed by atoms with van der Waals surface area (Å²) in [4.78, 5) is 6.66. The van der Waals surface area contributed by atoms with Crippen molar-refractivity contribution < 1.29 is 9.47 Å². The third-order valence-electron chi connectivity index (χ3n) is 4.54. The summed E-state index contributed by atoms with van der Waals surface area (Å²) in [7, 11) is 1.63. The molecule has 28 heavy (non-hydrogen) atoms. The molecule has 0 aliphatic rings. The number of nitrogen functional groups attached to an aromatic ring is 1. The predicted molar refractivity (Wildman–Crippen MR) is 118 cm³/mol. The first-order valence-electron chi connectivity index (χ1n) is 10.0. The normalized spacial score (nSPS) is 10.5. The number of benzene rings is 1. The third-order valence-corrected chi connectivity index (χ3v) is 4.54. The van der Waals surface area contributed by atoms with Crippen LogP contribution in [0.25, 0.3) is 5.76 Å². The molecule has 2 rings (SSSR count).